The molecular weight excluding hydrogens is 406 g/mol. The molecule has 26 heavy (non-hydrogen) atoms. The lowest BCUT2D eigenvalue weighted by molar-refractivity contribution is -0.145. The summed E-state index contributed by atoms with van der Waals surface area (Å²) in [5, 5.41) is 0. The van der Waals surface area contributed by atoms with Crippen LogP contribution in [0.4, 0.5) is 8.78 Å². The normalized spacial score (nSPS) is 22.5. The second-order valence-electron chi connectivity index (χ2n) is 6.64. The first-order valence-electron chi connectivity index (χ1n) is 8.56. The lowest BCUT2D eigenvalue weighted by Crippen LogP contribution is -2.11. The van der Waals surface area contributed by atoms with Gasteiger partial charge in [0.05, 0.1) is 22.6 Å². The van der Waals surface area contributed by atoms with E-state index in [1.54, 1.807) is 6.07 Å². The molecule has 0 amide bonds. The molecule has 2 aliphatic rings. The monoisotopic (exact) mass is 422 g/mol. The van der Waals surface area contributed by atoms with Gasteiger partial charge in [0.15, 0.2) is 0 Å². The van der Waals surface area contributed by atoms with Gasteiger partial charge < -0.3 is 9.47 Å². The fraction of sp³-hybridized carbons (Fsp3) is 0.350. The Bertz CT molecular complexity index is 884. The molecule has 3 atom stereocenters. The summed E-state index contributed by atoms with van der Waals surface area (Å²) in [6.45, 7) is 2.02. The molecule has 0 heterocycles. The molecule has 0 unspecified atom stereocenters. The number of hydrogen-bond acceptors (Lipinski definition) is 3. The fourth-order valence-corrected chi connectivity index (χ4v) is 4.27. The number of hydrogen-bond donors (Lipinski definition) is 0. The minimum Gasteiger partial charge on any atom is -0.489 e. The van der Waals surface area contributed by atoms with Gasteiger partial charge >= 0.3 is 5.97 Å². The molecule has 2 aliphatic carbocycles. The zero-order chi connectivity index (χ0) is 18.4. The van der Waals surface area contributed by atoms with Crippen molar-refractivity contribution in [1.29, 1.82) is 0 Å². The van der Waals surface area contributed by atoms with Crippen LogP contribution < -0.4 is 4.74 Å². The number of ether oxygens (including phenoxy) is 2. The molecule has 1 fully saturated rings. The van der Waals surface area contributed by atoms with Crippen LogP contribution in [0.25, 0.3) is 0 Å². The molecule has 0 aromatic heterocycles. The van der Waals surface area contributed by atoms with Crippen LogP contribution in [0, 0.1) is 23.5 Å². The van der Waals surface area contributed by atoms with E-state index in [1.807, 2.05) is 19.1 Å². The Labute approximate surface area is 158 Å². The van der Waals surface area contributed by atoms with E-state index in [0.717, 1.165) is 17.5 Å². The Balaban J connectivity index is 1.46. The van der Waals surface area contributed by atoms with Crippen LogP contribution in [0.1, 0.15) is 29.5 Å². The quantitative estimate of drug-likeness (QED) is 0.514. The van der Waals surface area contributed by atoms with Gasteiger partial charge in [0.1, 0.15) is 24.0 Å². The first kappa shape index (κ1) is 17.5. The average Bonchev–Trinajstić information content (AvgIpc) is 3.21. The third kappa shape index (κ3) is 2.90. The maximum atomic E-state index is 14.0. The van der Waals surface area contributed by atoms with Crippen LogP contribution in [0.2, 0.25) is 0 Å². The Morgan fingerprint density at radius 3 is 2.85 bits per heavy atom. The Kier molecular flexibility index (Phi) is 4.47. The van der Waals surface area contributed by atoms with E-state index in [4.69, 9.17) is 9.47 Å². The van der Waals surface area contributed by atoms with Crippen molar-refractivity contribution < 1.29 is 23.0 Å². The number of carbonyl (C=O) groups is 1. The predicted molar refractivity (Wildman–Crippen MR) is 94.9 cm³/mol. The van der Waals surface area contributed by atoms with Gasteiger partial charge in [-0.2, -0.15) is 0 Å². The van der Waals surface area contributed by atoms with Crippen molar-refractivity contribution in [3.63, 3.8) is 0 Å². The number of halogens is 3. The van der Waals surface area contributed by atoms with Crippen molar-refractivity contribution in [2.45, 2.75) is 25.9 Å². The van der Waals surface area contributed by atoms with Crippen molar-refractivity contribution in [1.82, 2.24) is 0 Å². The highest BCUT2D eigenvalue weighted by molar-refractivity contribution is 9.10. The standard InChI is InChI=1S/C20H17BrF2O3/c1-2-25-20(24)18-13-8-10-7-11(3-4-12(10)17(13)18)26-9-14-16(22)6-5-15(21)19(14)23/h3-7,13,17-18H,2,8-9H2,1H3/t13-,17+,18+/m1/s1. The summed E-state index contributed by atoms with van der Waals surface area (Å²) >= 11 is 3.05. The van der Waals surface area contributed by atoms with Crippen molar-refractivity contribution in [2.75, 3.05) is 6.61 Å². The van der Waals surface area contributed by atoms with Crippen molar-refractivity contribution in [2.24, 2.45) is 11.8 Å². The van der Waals surface area contributed by atoms with Crippen LogP contribution in [0.3, 0.4) is 0 Å². The van der Waals surface area contributed by atoms with Crippen LogP contribution in [0.15, 0.2) is 34.8 Å². The van der Waals surface area contributed by atoms with Gasteiger partial charge in [0.2, 0.25) is 0 Å². The molecule has 1 saturated carbocycles. The topological polar surface area (TPSA) is 35.5 Å². The highest BCUT2D eigenvalue weighted by atomic mass is 79.9. The summed E-state index contributed by atoms with van der Waals surface area (Å²) in [5.74, 6) is -0.322. The van der Waals surface area contributed by atoms with Crippen molar-refractivity contribution in [3.8, 4) is 5.75 Å². The zero-order valence-electron chi connectivity index (χ0n) is 14.1. The van der Waals surface area contributed by atoms with Crippen molar-refractivity contribution in [3.05, 3.63) is 63.1 Å². The third-order valence-corrected chi connectivity index (χ3v) is 5.79. The van der Waals surface area contributed by atoms with Crippen LogP contribution in [-0.2, 0) is 22.6 Å². The van der Waals surface area contributed by atoms with Gasteiger partial charge in [-0.15, -0.1) is 0 Å². The summed E-state index contributed by atoms with van der Waals surface area (Å²) in [5.41, 5.74) is 2.18. The van der Waals surface area contributed by atoms with Gasteiger partial charge in [0, 0.05) is 5.92 Å². The maximum Gasteiger partial charge on any atom is 0.309 e. The van der Waals surface area contributed by atoms with Gasteiger partial charge in [-0.3, -0.25) is 4.79 Å². The molecule has 2 aromatic carbocycles. The molecule has 136 valence electrons. The van der Waals surface area contributed by atoms with E-state index >= 15 is 0 Å². The minimum atomic E-state index is -0.648. The van der Waals surface area contributed by atoms with Gasteiger partial charge in [0.25, 0.3) is 0 Å². The minimum absolute atomic E-state index is 0.0286. The molecule has 4 rings (SSSR count). The van der Waals surface area contributed by atoms with E-state index in [0.29, 0.717) is 18.3 Å². The first-order chi connectivity index (χ1) is 12.5. The van der Waals surface area contributed by atoms with Crippen LogP contribution >= 0.6 is 15.9 Å². The molecule has 0 saturated heterocycles. The number of carbonyl (C=O) groups excluding carboxylic acids is 1. The zero-order valence-corrected chi connectivity index (χ0v) is 15.7. The fourth-order valence-electron chi connectivity index (χ4n) is 3.90. The molecule has 0 N–H and O–H groups in total. The third-order valence-electron chi connectivity index (χ3n) is 5.18. The molecule has 2 aromatic rings. The number of benzene rings is 2. The SMILES string of the molecule is CCOC(=O)[C@H]1[C@@H]2Cc3cc(OCc4c(F)ccc(Br)c4F)ccc3[C@@H]21. The molecular formula is C20H17BrF2O3. The number of esters is 1. The summed E-state index contributed by atoms with van der Waals surface area (Å²) in [6, 6.07) is 8.17. The van der Waals surface area contributed by atoms with E-state index in [9.17, 15) is 13.6 Å². The average molecular weight is 423 g/mol. The largest absolute Gasteiger partial charge is 0.489 e. The second-order valence-corrected chi connectivity index (χ2v) is 7.50. The predicted octanol–water partition coefficient (Wildman–Crippen LogP) is 4.76. The Morgan fingerprint density at radius 2 is 2.08 bits per heavy atom. The Morgan fingerprint density at radius 1 is 1.27 bits per heavy atom. The lowest BCUT2D eigenvalue weighted by atomic mass is 10.0. The van der Waals surface area contributed by atoms with E-state index < -0.39 is 11.6 Å². The Hall–Kier alpha value is -1.95. The molecule has 3 nitrogen and oxygen atoms in total. The highest BCUT2D eigenvalue weighted by Crippen LogP contribution is 2.62. The van der Waals surface area contributed by atoms with E-state index in [2.05, 4.69) is 15.9 Å². The van der Waals surface area contributed by atoms with Gasteiger partial charge in [-0.05, 0) is 70.6 Å². The lowest BCUT2D eigenvalue weighted by Gasteiger charge is -2.12. The summed E-state index contributed by atoms with van der Waals surface area (Å²) in [7, 11) is 0. The molecule has 6 heteroatoms. The summed E-state index contributed by atoms with van der Waals surface area (Å²) in [6.07, 6.45) is 0.806. The van der Waals surface area contributed by atoms with Gasteiger partial charge in [-0.25, -0.2) is 8.78 Å². The van der Waals surface area contributed by atoms with Crippen LogP contribution in [-0.4, -0.2) is 12.6 Å². The molecule has 0 bridgehead atoms. The maximum absolute atomic E-state index is 14.0. The molecule has 0 radical (unpaired) electrons. The van der Waals surface area contributed by atoms with E-state index in [-0.39, 0.29) is 34.4 Å². The van der Waals surface area contributed by atoms with Crippen molar-refractivity contribution >= 4 is 21.9 Å². The summed E-state index contributed by atoms with van der Waals surface area (Å²) in [4.78, 5) is 11.9. The number of fused-ring (bicyclic) bond motifs is 3. The smallest absolute Gasteiger partial charge is 0.309 e. The summed E-state index contributed by atoms with van der Waals surface area (Å²) < 4.78 is 38.8. The second kappa shape index (κ2) is 6.65. The highest BCUT2D eigenvalue weighted by Gasteiger charge is 2.60. The molecule has 0 spiro atoms. The first-order valence-corrected chi connectivity index (χ1v) is 9.35. The van der Waals surface area contributed by atoms with Gasteiger partial charge in [-0.1, -0.05) is 6.07 Å². The van der Waals surface area contributed by atoms with Crippen LogP contribution in [0.5, 0.6) is 5.75 Å². The molecule has 0 aliphatic heterocycles. The number of rotatable bonds is 5. The van der Waals surface area contributed by atoms with E-state index in [1.165, 1.54) is 12.1 Å².